The monoisotopic (exact) mass is 352 g/mol. The molecule has 1 N–H and O–H groups in total. The van der Waals surface area contributed by atoms with Crippen molar-refractivity contribution in [3.63, 3.8) is 0 Å². The number of nitrogens with zero attached hydrogens (tertiary/aromatic N) is 1. The summed E-state index contributed by atoms with van der Waals surface area (Å²) in [5, 5.41) is 1.31. The van der Waals surface area contributed by atoms with Crippen molar-refractivity contribution in [2.24, 2.45) is 17.8 Å². The summed E-state index contributed by atoms with van der Waals surface area (Å²) in [4.78, 5) is 31.0. The number of para-hydroxylation sites is 1. The van der Waals surface area contributed by atoms with Gasteiger partial charge in [-0.05, 0) is 42.7 Å². The molecule has 0 bridgehead atoms. The van der Waals surface area contributed by atoms with Gasteiger partial charge in [0.05, 0.1) is 13.2 Å². The predicted molar refractivity (Wildman–Crippen MR) is 97.7 cm³/mol. The Bertz CT molecular complexity index is 879. The van der Waals surface area contributed by atoms with Crippen LogP contribution in [0.5, 0.6) is 0 Å². The van der Waals surface area contributed by atoms with Crippen molar-refractivity contribution in [3.8, 4) is 0 Å². The van der Waals surface area contributed by atoms with Gasteiger partial charge >= 0.3 is 5.97 Å². The van der Waals surface area contributed by atoms with Crippen LogP contribution in [-0.2, 0) is 20.7 Å². The fourth-order valence-electron chi connectivity index (χ4n) is 5.61. The minimum atomic E-state index is -0.573. The third kappa shape index (κ3) is 2.26. The van der Waals surface area contributed by atoms with Crippen LogP contribution in [0.1, 0.15) is 36.6 Å². The Balaban J connectivity index is 1.53. The van der Waals surface area contributed by atoms with E-state index in [9.17, 15) is 9.59 Å². The molecule has 5 nitrogen and oxygen atoms in total. The molecule has 0 spiro atoms. The number of nitrogens with one attached hydrogen (secondary N) is 1. The van der Waals surface area contributed by atoms with Gasteiger partial charge in [0.25, 0.3) is 0 Å². The first-order valence-corrected chi connectivity index (χ1v) is 9.61. The molecular weight excluding hydrogens is 328 g/mol. The second-order valence-corrected chi connectivity index (χ2v) is 7.99. The first-order chi connectivity index (χ1) is 12.7. The number of Topliss-reactive ketones (excluding diaryl/α,β-unsaturated/α-hetero) is 1. The molecule has 1 aliphatic carbocycles. The van der Waals surface area contributed by atoms with Crippen molar-refractivity contribution >= 4 is 22.7 Å². The van der Waals surface area contributed by atoms with Gasteiger partial charge in [-0.1, -0.05) is 18.2 Å². The highest BCUT2D eigenvalue weighted by atomic mass is 16.5. The van der Waals surface area contributed by atoms with E-state index in [0.29, 0.717) is 12.3 Å². The summed E-state index contributed by atoms with van der Waals surface area (Å²) in [6.45, 7) is 2.03. The Morgan fingerprint density at radius 3 is 2.96 bits per heavy atom. The number of carbonyl (C=O) groups excluding carboxylic acids is 2. The molecule has 1 aromatic carbocycles. The largest absolute Gasteiger partial charge is 0.468 e. The molecule has 1 aromatic heterocycles. The van der Waals surface area contributed by atoms with E-state index in [1.54, 1.807) is 0 Å². The predicted octanol–water partition coefficient (Wildman–Crippen LogP) is 2.86. The van der Waals surface area contributed by atoms with Crippen molar-refractivity contribution in [1.82, 2.24) is 9.88 Å². The van der Waals surface area contributed by atoms with Gasteiger partial charge in [0, 0.05) is 36.1 Å². The number of ketones is 1. The summed E-state index contributed by atoms with van der Waals surface area (Å²) in [7, 11) is 1.39. The van der Waals surface area contributed by atoms with Gasteiger partial charge in [-0.15, -0.1) is 0 Å². The zero-order valence-electron chi connectivity index (χ0n) is 15.0. The number of aromatic amines is 1. The fraction of sp³-hybridized carbons (Fsp3) is 0.524. The summed E-state index contributed by atoms with van der Waals surface area (Å²) in [5.74, 6) is -0.331. The molecule has 4 atom stereocenters. The highest BCUT2D eigenvalue weighted by Crippen LogP contribution is 2.48. The molecule has 2 aliphatic heterocycles. The van der Waals surface area contributed by atoms with Crippen LogP contribution in [0.2, 0.25) is 0 Å². The lowest BCUT2D eigenvalue weighted by atomic mass is 9.65. The minimum absolute atomic E-state index is 0.0687. The molecule has 3 heterocycles. The second kappa shape index (κ2) is 5.95. The van der Waals surface area contributed by atoms with Crippen LogP contribution in [0.25, 0.3) is 10.9 Å². The number of ether oxygens (including phenoxy) is 1. The van der Waals surface area contributed by atoms with Crippen LogP contribution in [0.15, 0.2) is 24.3 Å². The topological polar surface area (TPSA) is 62.4 Å². The number of hydrogen-bond donors (Lipinski definition) is 1. The van der Waals surface area contributed by atoms with E-state index in [-0.39, 0.29) is 23.7 Å². The maximum Gasteiger partial charge on any atom is 0.316 e. The van der Waals surface area contributed by atoms with Crippen LogP contribution in [0.3, 0.4) is 0 Å². The number of rotatable bonds is 1. The van der Waals surface area contributed by atoms with Crippen molar-refractivity contribution in [2.45, 2.75) is 31.7 Å². The van der Waals surface area contributed by atoms with Gasteiger partial charge in [-0.25, -0.2) is 0 Å². The van der Waals surface area contributed by atoms with Crippen LogP contribution in [0, 0.1) is 17.8 Å². The number of esters is 1. The molecule has 5 rings (SSSR count). The molecule has 26 heavy (non-hydrogen) atoms. The minimum Gasteiger partial charge on any atom is -0.468 e. The SMILES string of the molecule is COC(=O)[C@H]1C(=O)CC[C@@H]2CN3CCc4c([nH]c5ccccc45)[C@@H]3C[C@@H]21. The molecule has 0 amide bonds. The second-order valence-electron chi connectivity index (χ2n) is 7.99. The van der Waals surface area contributed by atoms with E-state index in [1.165, 1.54) is 29.3 Å². The van der Waals surface area contributed by atoms with Gasteiger partial charge in [-0.3, -0.25) is 14.5 Å². The first kappa shape index (κ1) is 16.1. The lowest BCUT2D eigenvalue weighted by Crippen LogP contribution is -2.52. The maximum absolute atomic E-state index is 12.5. The molecular formula is C21H24N2O3. The third-order valence-corrected chi connectivity index (χ3v) is 6.83. The highest BCUT2D eigenvalue weighted by molar-refractivity contribution is 6.00. The van der Waals surface area contributed by atoms with E-state index in [2.05, 4.69) is 34.1 Å². The van der Waals surface area contributed by atoms with Gasteiger partial charge in [0.1, 0.15) is 11.7 Å². The summed E-state index contributed by atoms with van der Waals surface area (Å²) in [6, 6.07) is 8.74. The van der Waals surface area contributed by atoms with E-state index in [0.717, 1.165) is 32.4 Å². The molecule has 0 radical (unpaired) electrons. The van der Waals surface area contributed by atoms with Gasteiger partial charge < -0.3 is 9.72 Å². The summed E-state index contributed by atoms with van der Waals surface area (Å²) in [6.07, 6.45) is 3.33. The van der Waals surface area contributed by atoms with Crippen molar-refractivity contribution in [2.75, 3.05) is 20.2 Å². The Labute approximate surface area is 152 Å². The van der Waals surface area contributed by atoms with Crippen molar-refractivity contribution in [3.05, 3.63) is 35.5 Å². The summed E-state index contributed by atoms with van der Waals surface area (Å²) >= 11 is 0. The van der Waals surface area contributed by atoms with Crippen LogP contribution in [-0.4, -0.2) is 41.8 Å². The average Bonchev–Trinajstić information content (AvgIpc) is 3.05. The fourth-order valence-corrected chi connectivity index (χ4v) is 5.61. The number of carbonyl (C=O) groups is 2. The molecule has 5 heteroatoms. The molecule has 2 fully saturated rings. The van der Waals surface area contributed by atoms with Gasteiger partial charge in [0.15, 0.2) is 0 Å². The highest BCUT2D eigenvalue weighted by Gasteiger charge is 2.49. The van der Waals surface area contributed by atoms with E-state index >= 15 is 0 Å². The molecule has 0 unspecified atom stereocenters. The number of piperidine rings is 1. The lowest BCUT2D eigenvalue weighted by Gasteiger charge is -2.49. The van der Waals surface area contributed by atoms with Crippen LogP contribution in [0.4, 0.5) is 0 Å². The maximum atomic E-state index is 12.5. The van der Waals surface area contributed by atoms with Crippen LogP contribution >= 0.6 is 0 Å². The average molecular weight is 352 g/mol. The summed E-state index contributed by atoms with van der Waals surface area (Å²) in [5.41, 5.74) is 3.89. The Kier molecular flexibility index (Phi) is 3.67. The van der Waals surface area contributed by atoms with Gasteiger partial charge in [0.2, 0.25) is 0 Å². The van der Waals surface area contributed by atoms with Crippen LogP contribution < -0.4 is 0 Å². The number of benzene rings is 1. The lowest BCUT2D eigenvalue weighted by molar-refractivity contribution is -0.157. The van der Waals surface area contributed by atoms with Gasteiger partial charge in [-0.2, -0.15) is 0 Å². The third-order valence-electron chi connectivity index (χ3n) is 6.83. The standard InChI is InChI=1S/C21H24N2O3/c1-26-21(25)19-15-10-17-20-14(13-4-2-3-5-16(13)22-20)8-9-23(17)11-12(15)6-7-18(19)24/h2-5,12,15,17,19,22H,6-11H2,1H3/t12-,15+,17+,19-/m1/s1. The molecule has 1 saturated carbocycles. The smallest absolute Gasteiger partial charge is 0.316 e. The number of methoxy groups -OCH3 is 1. The molecule has 2 aromatic rings. The quantitative estimate of drug-likeness (QED) is 0.633. The molecule has 1 saturated heterocycles. The zero-order chi connectivity index (χ0) is 17.8. The Hall–Kier alpha value is -2.14. The van der Waals surface area contributed by atoms with E-state index < -0.39 is 5.92 Å². The molecule has 136 valence electrons. The first-order valence-electron chi connectivity index (χ1n) is 9.61. The van der Waals surface area contributed by atoms with Crippen molar-refractivity contribution < 1.29 is 14.3 Å². The number of hydrogen-bond acceptors (Lipinski definition) is 4. The normalized spacial score (nSPS) is 31.2. The van der Waals surface area contributed by atoms with E-state index in [4.69, 9.17) is 4.74 Å². The van der Waals surface area contributed by atoms with E-state index in [1.807, 2.05) is 0 Å². The Morgan fingerprint density at radius 2 is 2.12 bits per heavy atom. The zero-order valence-corrected chi connectivity index (χ0v) is 15.0. The number of fused-ring (bicyclic) bond motifs is 6. The number of H-pyrrole nitrogens is 1. The summed E-state index contributed by atoms with van der Waals surface area (Å²) < 4.78 is 4.98. The number of aromatic nitrogens is 1. The van der Waals surface area contributed by atoms with Crippen molar-refractivity contribution in [1.29, 1.82) is 0 Å². The Morgan fingerprint density at radius 1 is 1.27 bits per heavy atom. The molecule has 3 aliphatic rings.